The number of benzene rings is 1. The maximum Gasteiger partial charge on any atom is 0.238 e. The van der Waals surface area contributed by atoms with E-state index in [2.05, 4.69) is 29.4 Å². The van der Waals surface area contributed by atoms with Crippen LogP contribution in [-0.2, 0) is 9.59 Å². The van der Waals surface area contributed by atoms with Crippen LogP contribution in [0.3, 0.4) is 0 Å². The Bertz CT molecular complexity index is 568. The predicted octanol–water partition coefficient (Wildman–Crippen LogP) is 1.64. The Labute approximate surface area is 137 Å². The number of nitrogens with two attached hydrogens (primary N) is 1. The number of nitrogens with one attached hydrogen (secondary N) is 2. The van der Waals surface area contributed by atoms with Crippen molar-refractivity contribution in [3.8, 4) is 0 Å². The van der Waals surface area contributed by atoms with Gasteiger partial charge in [-0.15, -0.1) is 0 Å². The van der Waals surface area contributed by atoms with E-state index < -0.39 is 0 Å². The largest absolute Gasteiger partial charge is 0.327 e. The van der Waals surface area contributed by atoms with Crippen molar-refractivity contribution in [1.29, 1.82) is 0 Å². The molecule has 1 heterocycles. The Hall–Kier alpha value is -1.92. The fraction of sp³-hybridized carbons (Fsp3) is 0.529. The molecule has 2 rings (SSSR count). The van der Waals surface area contributed by atoms with E-state index in [0.29, 0.717) is 12.2 Å². The van der Waals surface area contributed by atoms with Gasteiger partial charge >= 0.3 is 0 Å². The van der Waals surface area contributed by atoms with Gasteiger partial charge in [-0.2, -0.15) is 0 Å². The molecule has 1 fully saturated rings. The SMILES string of the molecule is CC(=O)Nc1ccc(NC(=O)CN2CCC(N)C(C)(C)C2)cc1. The second-order valence-electron chi connectivity index (χ2n) is 6.90. The normalized spacial score (nSPS) is 20.8. The van der Waals surface area contributed by atoms with Crippen LogP contribution >= 0.6 is 0 Å². The average Bonchev–Trinajstić information content (AvgIpc) is 2.44. The highest BCUT2D eigenvalue weighted by Crippen LogP contribution is 2.27. The third kappa shape index (κ3) is 5.04. The highest BCUT2D eigenvalue weighted by atomic mass is 16.2. The number of likely N-dealkylation sites (tertiary alicyclic amines) is 1. The molecule has 0 aliphatic carbocycles. The number of anilines is 2. The summed E-state index contributed by atoms with van der Waals surface area (Å²) in [6.07, 6.45) is 0.908. The molecule has 0 spiro atoms. The molecule has 2 amide bonds. The van der Waals surface area contributed by atoms with E-state index >= 15 is 0 Å². The van der Waals surface area contributed by atoms with E-state index in [9.17, 15) is 9.59 Å². The Morgan fingerprint density at radius 3 is 2.30 bits per heavy atom. The van der Waals surface area contributed by atoms with E-state index in [4.69, 9.17) is 5.73 Å². The van der Waals surface area contributed by atoms with Crippen LogP contribution in [0, 0.1) is 5.41 Å². The number of hydrogen-bond acceptors (Lipinski definition) is 4. The second kappa shape index (κ2) is 7.10. The molecule has 126 valence electrons. The molecule has 0 aromatic heterocycles. The van der Waals surface area contributed by atoms with Gasteiger partial charge in [-0.1, -0.05) is 13.8 Å². The molecule has 6 heteroatoms. The number of carbonyl (C=O) groups excluding carboxylic acids is 2. The molecule has 1 atom stereocenters. The Kier molecular flexibility index (Phi) is 5.38. The molecule has 1 saturated heterocycles. The first-order chi connectivity index (χ1) is 10.8. The summed E-state index contributed by atoms with van der Waals surface area (Å²) in [7, 11) is 0. The molecular formula is C17H26N4O2. The standard InChI is InChI=1S/C17H26N4O2/c1-12(22)19-13-4-6-14(7-5-13)20-16(23)10-21-9-8-15(18)17(2,3)11-21/h4-7,15H,8-11,18H2,1-3H3,(H,19,22)(H,20,23). The van der Waals surface area contributed by atoms with Crippen molar-refractivity contribution in [1.82, 2.24) is 4.90 Å². The van der Waals surface area contributed by atoms with Crippen molar-refractivity contribution in [2.45, 2.75) is 33.2 Å². The topological polar surface area (TPSA) is 87.5 Å². The molecule has 1 aromatic rings. The van der Waals surface area contributed by atoms with E-state index in [1.807, 2.05) is 0 Å². The van der Waals surface area contributed by atoms with Crippen LogP contribution in [0.2, 0.25) is 0 Å². The van der Waals surface area contributed by atoms with Crippen LogP contribution in [0.4, 0.5) is 11.4 Å². The lowest BCUT2D eigenvalue weighted by atomic mass is 9.80. The van der Waals surface area contributed by atoms with E-state index in [-0.39, 0.29) is 23.3 Å². The van der Waals surface area contributed by atoms with Gasteiger partial charge in [0.05, 0.1) is 6.54 Å². The maximum atomic E-state index is 12.2. The molecule has 0 radical (unpaired) electrons. The van der Waals surface area contributed by atoms with Gasteiger partial charge < -0.3 is 16.4 Å². The Morgan fingerprint density at radius 1 is 1.22 bits per heavy atom. The van der Waals surface area contributed by atoms with E-state index in [1.54, 1.807) is 24.3 Å². The van der Waals surface area contributed by atoms with Crippen LogP contribution in [0.5, 0.6) is 0 Å². The van der Waals surface area contributed by atoms with Gasteiger partial charge in [-0.3, -0.25) is 14.5 Å². The van der Waals surface area contributed by atoms with Crippen LogP contribution in [0.15, 0.2) is 24.3 Å². The van der Waals surface area contributed by atoms with Gasteiger partial charge in [0.2, 0.25) is 11.8 Å². The first-order valence-electron chi connectivity index (χ1n) is 7.92. The zero-order valence-electron chi connectivity index (χ0n) is 14.1. The Morgan fingerprint density at radius 2 is 1.78 bits per heavy atom. The minimum absolute atomic E-state index is 0.0263. The van der Waals surface area contributed by atoms with Crippen molar-refractivity contribution >= 4 is 23.2 Å². The molecular weight excluding hydrogens is 292 g/mol. The monoisotopic (exact) mass is 318 g/mol. The average molecular weight is 318 g/mol. The lowest BCUT2D eigenvalue weighted by Gasteiger charge is -2.42. The minimum atomic E-state index is -0.118. The first kappa shape index (κ1) is 17.4. The number of rotatable bonds is 4. The van der Waals surface area contributed by atoms with Gasteiger partial charge in [0.1, 0.15) is 0 Å². The smallest absolute Gasteiger partial charge is 0.238 e. The number of piperidine rings is 1. The number of nitrogens with zero attached hydrogens (tertiary/aromatic N) is 1. The summed E-state index contributed by atoms with van der Waals surface area (Å²) in [6, 6.07) is 7.27. The molecule has 4 N–H and O–H groups in total. The quantitative estimate of drug-likeness (QED) is 0.787. The lowest BCUT2D eigenvalue weighted by molar-refractivity contribution is -0.118. The second-order valence-corrected chi connectivity index (χ2v) is 6.90. The fourth-order valence-electron chi connectivity index (χ4n) is 2.86. The number of hydrogen-bond donors (Lipinski definition) is 3. The van der Waals surface area contributed by atoms with Crippen LogP contribution in [0.25, 0.3) is 0 Å². The predicted molar refractivity (Wildman–Crippen MR) is 92.2 cm³/mol. The van der Waals surface area contributed by atoms with Crippen LogP contribution in [0.1, 0.15) is 27.2 Å². The molecule has 0 bridgehead atoms. The molecule has 23 heavy (non-hydrogen) atoms. The zero-order chi connectivity index (χ0) is 17.0. The summed E-state index contributed by atoms with van der Waals surface area (Å²) in [5, 5.41) is 5.58. The van der Waals surface area contributed by atoms with Crippen molar-refractivity contribution in [2.24, 2.45) is 11.1 Å². The maximum absolute atomic E-state index is 12.2. The van der Waals surface area contributed by atoms with E-state index in [0.717, 1.165) is 25.2 Å². The Balaban J connectivity index is 1.86. The molecule has 0 saturated carbocycles. The number of amides is 2. The molecule has 1 aliphatic heterocycles. The van der Waals surface area contributed by atoms with Gasteiger partial charge in [0.25, 0.3) is 0 Å². The van der Waals surface area contributed by atoms with Gasteiger partial charge in [-0.25, -0.2) is 0 Å². The van der Waals surface area contributed by atoms with Crippen molar-refractivity contribution in [3.05, 3.63) is 24.3 Å². The lowest BCUT2D eigenvalue weighted by Crippen LogP contribution is -2.53. The van der Waals surface area contributed by atoms with Crippen molar-refractivity contribution in [2.75, 3.05) is 30.3 Å². The van der Waals surface area contributed by atoms with Gasteiger partial charge in [0, 0.05) is 37.4 Å². The highest BCUT2D eigenvalue weighted by Gasteiger charge is 2.33. The third-order valence-electron chi connectivity index (χ3n) is 4.25. The van der Waals surface area contributed by atoms with E-state index in [1.165, 1.54) is 6.92 Å². The molecule has 1 unspecified atom stereocenters. The summed E-state index contributed by atoms with van der Waals surface area (Å²) < 4.78 is 0. The summed E-state index contributed by atoms with van der Waals surface area (Å²) in [5.41, 5.74) is 7.58. The number of carbonyl (C=O) groups is 2. The molecule has 1 aliphatic rings. The van der Waals surface area contributed by atoms with Gasteiger partial charge in [0.15, 0.2) is 0 Å². The summed E-state index contributed by atoms with van der Waals surface area (Å²) in [5.74, 6) is -0.156. The van der Waals surface area contributed by atoms with Crippen molar-refractivity contribution < 1.29 is 9.59 Å². The third-order valence-corrected chi connectivity index (χ3v) is 4.25. The summed E-state index contributed by atoms with van der Waals surface area (Å²) >= 11 is 0. The highest BCUT2D eigenvalue weighted by molar-refractivity contribution is 5.93. The van der Waals surface area contributed by atoms with Crippen LogP contribution in [-0.4, -0.2) is 42.4 Å². The van der Waals surface area contributed by atoms with Crippen molar-refractivity contribution in [3.63, 3.8) is 0 Å². The van der Waals surface area contributed by atoms with Crippen LogP contribution < -0.4 is 16.4 Å². The summed E-state index contributed by atoms with van der Waals surface area (Å²) in [6.45, 7) is 7.78. The molecule has 1 aromatic carbocycles. The zero-order valence-corrected chi connectivity index (χ0v) is 14.1. The van der Waals surface area contributed by atoms with Gasteiger partial charge in [-0.05, 0) is 36.1 Å². The summed E-state index contributed by atoms with van der Waals surface area (Å²) in [4.78, 5) is 25.3. The fourth-order valence-corrected chi connectivity index (χ4v) is 2.86. The minimum Gasteiger partial charge on any atom is -0.327 e. The first-order valence-corrected chi connectivity index (χ1v) is 7.92. The molecule has 6 nitrogen and oxygen atoms in total.